The first-order valence-corrected chi connectivity index (χ1v) is 7.07. The monoisotopic (exact) mass is 248 g/mol. The van der Waals surface area contributed by atoms with Gasteiger partial charge in [-0.15, -0.1) is 0 Å². The maximum absolute atomic E-state index is 5.85. The summed E-state index contributed by atoms with van der Waals surface area (Å²) in [6, 6.07) is 6.63. The third kappa shape index (κ3) is 3.03. The van der Waals surface area contributed by atoms with Crippen molar-refractivity contribution in [2.24, 2.45) is 5.84 Å². The number of benzene rings is 1. The lowest BCUT2D eigenvalue weighted by Crippen LogP contribution is -2.29. The SMILES string of the molecule is CCCCCC(NN)c1cccc2c1OCCC2. The first-order valence-electron chi connectivity index (χ1n) is 7.07. The van der Waals surface area contributed by atoms with E-state index < -0.39 is 0 Å². The van der Waals surface area contributed by atoms with Crippen molar-refractivity contribution in [2.45, 2.75) is 51.5 Å². The molecular weight excluding hydrogens is 224 g/mol. The van der Waals surface area contributed by atoms with Crippen LogP contribution in [0.3, 0.4) is 0 Å². The fourth-order valence-corrected chi connectivity index (χ4v) is 2.62. The first-order chi connectivity index (χ1) is 8.86. The quantitative estimate of drug-likeness (QED) is 0.462. The molecule has 1 heterocycles. The molecule has 1 unspecified atom stereocenters. The van der Waals surface area contributed by atoms with Crippen LogP contribution in [0.1, 0.15) is 56.2 Å². The number of nitrogens with one attached hydrogen (secondary N) is 1. The molecular formula is C15H24N2O. The minimum atomic E-state index is 0.213. The maximum atomic E-state index is 5.85. The Hall–Kier alpha value is -1.06. The van der Waals surface area contributed by atoms with Gasteiger partial charge in [-0.25, -0.2) is 0 Å². The van der Waals surface area contributed by atoms with Crippen molar-refractivity contribution >= 4 is 0 Å². The summed E-state index contributed by atoms with van der Waals surface area (Å²) in [5.74, 6) is 6.79. The second kappa shape index (κ2) is 6.76. The lowest BCUT2D eigenvalue weighted by molar-refractivity contribution is 0.280. The Labute approximate surface area is 110 Å². The van der Waals surface area contributed by atoms with E-state index >= 15 is 0 Å². The predicted molar refractivity (Wildman–Crippen MR) is 74.5 cm³/mol. The van der Waals surface area contributed by atoms with Gasteiger partial charge in [0.15, 0.2) is 0 Å². The average molecular weight is 248 g/mol. The highest BCUT2D eigenvalue weighted by atomic mass is 16.5. The summed E-state index contributed by atoms with van der Waals surface area (Å²) in [7, 11) is 0. The van der Waals surface area contributed by atoms with Crippen LogP contribution in [0.2, 0.25) is 0 Å². The molecule has 18 heavy (non-hydrogen) atoms. The molecule has 3 N–H and O–H groups in total. The van der Waals surface area contributed by atoms with Crippen molar-refractivity contribution in [3.63, 3.8) is 0 Å². The summed E-state index contributed by atoms with van der Waals surface area (Å²) in [6.45, 7) is 3.05. The minimum absolute atomic E-state index is 0.213. The van der Waals surface area contributed by atoms with E-state index in [0.29, 0.717) is 0 Å². The fourth-order valence-electron chi connectivity index (χ4n) is 2.62. The van der Waals surface area contributed by atoms with Gasteiger partial charge in [-0.1, -0.05) is 44.4 Å². The van der Waals surface area contributed by atoms with Gasteiger partial charge in [0.2, 0.25) is 0 Å². The molecule has 3 nitrogen and oxygen atoms in total. The normalized spacial score (nSPS) is 15.9. The van der Waals surface area contributed by atoms with Crippen LogP contribution in [0.15, 0.2) is 18.2 Å². The fraction of sp³-hybridized carbons (Fsp3) is 0.600. The molecule has 0 bridgehead atoms. The molecule has 2 rings (SSSR count). The zero-order valence-electron chi connectivity index (χ0n) is 11.2. The van der Waals surface area contributed by atoms with Crippen LogP contribution in [0.5, 0.6) is 5.75 Å². The Morgan fingerprint density at radius 1 is 1.39 bits per heavy atom. The molecule has 0 fully saturated rings. The van der Waals surface area contributed by atoms with Gasteiger partial charge in [-0.3, -0.25) is 11.3 Å². The number of ether oxygens (including phenoxy) is 1. The van der Waals surface area contributed by atoms with Crippen LogP contribution in [-0.4, -0.2) is 6.61 Å². The summed E-state index contributed by atoms with van der Waals surface area (Å²) < 4.78 is 5.85. The number of unbranched alkanes of at least 4 members (excludes halogenated alkanes) is 2. The Balaban J connectivity index is 2.14. The van der Waals surface area contributed by atoms with Gasteiger partial charge in [0.1, 0.15) is 5.75 Å². The van der Waals surface area contributed by atoms with Gasteiger partial charge in [0, 0.05) is 11.6 Å². The minimum Gasteiger partial charge on any atom is -0.493 e. The molecule has 1 aliphatic rings. The summed E-state index contributed by atoms with van der Waals surface area (Å²) in [6.07, 6.45) is 7.01. The molecule has 0 radical (unpaired) electrons. The molecule has 0 aliphatic carbocycles. The van der Waals surface area contributed by atoms with E-state index in [2.05, 4.69) is 30.5 Å². The Kier molecular flexibility index (Phi) is 5.02. The zero-order valence-corrected chi connectivity index (χ0v) is 11.2. The van der Waals surface area contributed by atoms with E-state index in [0.717, 1.165) is 31.6 Å². The van der Waals surface area contributed by atoms with Crippen molar-refractivity contribution in [3.8, 4) is 5.75 Å². The van der Waals surface area contributed by atoms with Crippen molar-refractivity contribution in [1.29, 1.82) is 0 Å². The highest BCUT2D eigenvalue weighted by Crippen LogP contribution is 2.34. The van der Waals surface area contributed by atoms with E-state index in [-0.39, 0.29) is 6.04 Å². The maximum Gasteiger partial charge on any atom is 0.127 e. The van der Waals surface area contributed by atoms with Crippen molar-refractivity contribution < 1.29 is 4.74 Å². The number of hydrogen-bond acceptors (Lipinski definition) is 3. The Morgan fingerprint density at radius 2 is 2.28 bits per heavy atom. The van der Waals surface area contributed by atoms with E-state index in [1.54, 1.807) is 0 Å². The Morgan fingerprint density at radius 3 is 3.06 bits per heavy atom. The van der Waals surface area contributed by atoms with Crippen LogP contribution in [-0.2, 0) is 6.42 Å². The van der Waals surface area contributed by atoms with Crippen molar-refractivity contribution in [3.05, 3.63) is 29.3 Å². The molecule has 1 aliphatic heterocycles. The van der Waals surface area contributed by atoms with E-state index in [4.69, 9.17) is 10.6 Å². The summed E-state index contributed by atoms with van der Waals surface area (Å²) in [4.78, 5) is 0. The summed E-state index contributed by atoms with van der Waals surface area (Å²) in [5.41, 5.74) is 5.50. The van der Waals surface area contributed by atoms with Crippen molar-refractivity contribution in [1.82, 2.24) is 5.43 Å². The van der Waals surface area contributed by atoms with Crippen LogP contribution >= 0.6 is 0 Å². The molecule has 1 atom stereocenters. The van der Waals surface area contributed by atoms with E-state index in [1.165, 1.54) is 30.4 Å². The van der Waals surface area contributed by atoms with Gasteiger partial charge in [-0.05, 0) is 24.8 Å². The van der Waals surface area contributed by atoms with Crippen LogP contribution in [0.25, 0.3) is 0 Å². The van der Waals surface area contributed by atoms with Gasteiger partial charge >= 0.3 is 0 Å². The highest BCUT2D eigenvalue weighted by Gasteiger charge is 2.19. The van der Waals surface area contributed by atoms with E-state index in [1.807, 2.05) is 0 Å². The van der Waals surface area contributed by atoms with Gasteiger partial charge < -0.3 is 4.74 Å². The first kappa shape index (κ1) is 13.4. The zero-order chi connectivity index (χ0) is 12.8. The molecule has 0 spiro atoms. The van der Waals surface area contributed by atoms with Gasteiger partial charge in [0.05, 0.1) is 6.61 Å². The largest absolute Gasteiger partial charge is 0.493 e. The van der Waals surface area contributed by atoms with Crippen molar-refractivity contribution in [2.75, 3.05) is 6.61 Å². The predicted octanol–water partition coefficient (Wildman–Crippen LogP) is 3.10. The molecule has 0 amide bonds. The number of nitrogens with two attached hydrogens (primary N) is 1. The molecule has 0 saturated carbocycles. The highest BCUT2D eigenvalue weighted by molar-refractivity contribution is 5.44. The van der Waals surface area contributed by atoms with Crippen LogP contribution in [0.4, 0.5) is 0 Å². The number of para-hydroxylation sites is 1. The lowest BCUT2D eigenvalue weighted by atomic mass is 9.95. The second-order valence-corrected chi connectivity index (χ2v) is 5.00. The van der Waals surface area contributed by atoms with Crippen LogP contribution in [0, 0.1) is 0 Å². The molecule has 1 aromatic carbocycles. The Bertz CT molecular complexity index is 379. The number of aryl methyl sites for hydroxylation is 1. The van der Waals surface area contributed by atoms with E-state index in [9.17, 15) is 0 Å². The number of hydrogen-bond donors (Lipinski definition) is 2. The summed E-state index contributed by atoms with van der Waals surface area (Å²) >= 11 is 0. The number of hydrazine groups is 1. The van der Waals surface area contributed by atoms with Gasteiger partial charge in [-0.2, -0.15) is 0 Å². The summed E-state index contributed by atoms with van der Waals surface area (Å²) in [5, 5.41) is 0. The van der Waals surface area contributed by atoms with Gasteiger partial charge in [0.25, 0.3) is 0 Å². The number of rotatable bonds is 6. The molecule has 1 aromatic rings. The lowest BCUT2D eigenvalue weighted by Gasteiger charge is -2.24. The van der Waals surface area contributed by atoms with Crippen LogP contribution < -0.4 is 16.0 Å². The molecule has 0 aromatic heterocycles. The third-order valence-electron chi connectivity index (χ3n) is 3.64. The molecule has 0 saturated heterocycles. The third-order valence-corrected chi connectivity index (χ3v) is 3.64. The standard InChI is InChI=1S/C15H24N2O/c1-2-3-4-10-14(17-16)13-9-5-7-12-8-6-11-18-15(12)13/h5,7,9,14,17H,2-4,6,8,10-11,16H2,1H3. The molecule has 100 valence electrons. The topological polar surface area (TPSA) is 47.3 Å². The average Bonchev–Trinajstić information content (AvgIpc) is 2.43. The smallest absolute Gasteiger partial charge is 0.127 e. The number of fused-ring (bicyclic) bond motifs is 1. The molecule has 3 heteroatoms. The second-order valence-electron chi connectivity index (χ2n) is 5.00.